The van der Waals surface area contributed by atoms with Crippen LogP contribution in [-0.2, 0) is 4.79 Å². The van der Waals surface area contributed by atoms with E-state index in [2.05, 4.69) is 10.2 Å². The van der Waals surface area contributed by atoms with Crippen LogP contribution in [0.5, 0.6) is 5.75 Å². The average Bonchev–Trinajstić information content (AvgIpc) is 2.69. The lowest BCUT2D eigenvalue weighted by molar-refractivity contribution is -0.122. The number of carbonyl (C=O) groups is 2. The lowest BCUT2D eigenvalue weighted by atomic mass is 10.1. The largest absolute Gasteiger partial charge is 0.481 e. The third-order valence-corrected chi connectivity index (χ3v) is 4.63. The van der Waals surface area contributed by atoms with E-state index in [0.29, 0.717) is 30.1 Å². The van der Waals surface area contributed by atoms with Gasteiger partial charge in [-0.05, 0) is 38.2 Å². The highest BCUT2D eigenvalue weighted by Crippen LogP contribution is 2.19. The van der Waals surface area contributed by atoms with Crippen LogP contribution in [0.4, 0.5) is 5.69 Å². The molecule has 2 amide bonds. The van der Waals surface area contributed by atoms with Gasteiger partial charge in [0.2, 0.25) is 0 Å². The van der Waals surface area contributed by atoms with Crippen molar-refractivity contribution in [1.82, 2.24) is 9.80 Å². The van der Waals surface area contributed by atoms with Gasteiger partial charge in [-0.2, -0.15) is 0 Å². The van der Waals surface area contributed by atoms with Gasteiger partial charge in [-0.3, -0.25) is 9.59 Å². The van der Waals surface area contributed by atoms with Crippen LogP contribution in [-0.4, -0.2) is 60.9 Å². The number of likely N-dealkylation sites (N-methyl/N-ethyl adjacent to an activating group) is 1. The molecular weight excluding hydrogens is 342 g/mol. The Bertz CT molecular complexity index is 786. The number of benzene rings is 2. The number of rotatable bonds is 5. The predicted molar refractivity (Wildman–Crippen MR) is 105 cm³/mol. The van der Waals surface area contributed by atoms with Gasteiger partial charge in [-0.15, -0.1) is 0 Å². The fourth-order valence-electron chi connectivity index (χ4n) is 2.95. The molecule has 1 atom stereocenters. The van der Waals surface area contributed by atoms with E-state index < -0.39 is 6.10 Å². The molecule has 1 fully saturated rings. The van der Waals surface area contributed by atoms with Crippen LogP contribution in [0.2, 0.25) is 0 Å². The van der Waals surface area contributed by atoms with Crippen molar-refractivity contribution in [3.05, 3.63) is 60.2 Å². The molecule has 0 radical (unpaired) electrons. The molecule has 0 saturated carbocycles. The van der Waals surface area contributed by atoms with Crippen molar-refractivity contribution in [2.45, 2.75) is 13.0 Å². The minimum Gasteiger partial charge on any atom is -0.481 e. The smallest absolute Gasteiger partial charge is 0.265 e. The summed E-state index contributed by atoms with van der Waals surface area (Å²) < 4.78 is 5.66. The Morgan fingerprint density at radius 2 is 1.59 bits per heavy atom. The second kappa shape index (κ2) is 8.68. The molecule has 27 heavy (non-hydrogen) atoms. The van der Waals surface area contributed by atoms with Crippen LogP contribution >= 0.6 is 0 Å². The molecule has 1 saturated heterocycles. The highest BCUT2D eigenvalue weighted by atomic mass is 16.5. The summed E-state index contributed by atoms with van der Waals surface area (Å²) >= 11 is 0. The first-order valence-corrected chi connectivity index (χ1v) is 9.14. The monoisotopic (exact) mass is 367 g/mol. The summed E-state index contributed by atoms with van der Waals surface area (Å²) in [5.74, 6) is 0.273. The Labute approximate surface area is 159 Å². The van der Waals surface area contributed by atoms with Gasteiger partial charge >= 0.3 is 0 Å². The van der Waals surface area contributed by atoms with E-state index >= 15 is 0 Å². The SMILES string of the molecule is C[C@H](Oc1ccccc1)C(=O)Nc1ccccc1C(=O)N1CCN(C)CC1. The average molecular weight is 367 g/mol. The molecule has 1 aliphatic heterocycles. The molecule has 0 aliphatic carbocycles. The molecule has 0 bridgehead atoms. The highest BCUT2D eigenvalue weighted by Gasteiger charge is 2.24. The van der Waals surface area contributed by atoms with Crippen LogP contribution < -0.4 is 10.1 Å². The third-order valence-electron chi connectivity index (χ3n) is 4.63. The second-order valence-corrected chi connectivity index (χ2v) is 6.70. The normalized spacial score (nSPS) is 15.9. The summed E-state index contributed by atoms with van der Waals surface area (Å²) in [5, 5.41) is 2.84. The number of hydrogen-bond acceptors (Lipinski definition) is 4. The Hall–Kier alpha value is -2.86. The zero-order valence-electron chi connectivity index (χ0n) is 15.7. The molecule has 2 aromatic rings. The molecule has 2 aromatic carbocycles. The zero-order chi connectivity index (χ0) is 19.2. The number of amides is 2. The van der Waals surface area contributed by atoms with E-state index in [-0.39, 0.29) is 11.8 Å². The fourth-order valence-corrected chi connectivity index (χ4v) is 2.95. The van der Waals surface area contributed by atoms with E-state index in [4.69, 9.17) is 4.74 Å². The van der Waals surface area contributed by atoms with Gasteiger partial charge in [0.05, 0.1) is 11.3 Å². The van der Waals surface area contributed by atoms with Crippen LogP contribution in [0.25, 0.3) is 0 Å². The van der Waals surface area contributed by atoms with Gasteiger partial charge in [0, 0.05) is 26.2 Å². The van der Waals surface area contributed by atoms with Crippen molar-refractivity contribution in [1.29, 1.82) is 0 Å². The van der Waals surface area contributed by atoms with E-state index in [9.17, 15) is 9.59 Å². The molecule has 6 nitrogen and oxygen atoms in total. The van der Waals surface area contributed by atoms with Crippen molar-refractivity contribution >= 4 is 17.5 Å². The first-order chi connectivity index (χ1) is 13.0. The molecule has 3 rings (SSSR count). The molecule has 0 unspecified atom stereocenters. The summed E-state index contributed by atoms with van der Waals surface area (Å²) in [7, 11) is 2.05. The number of anilines is 1. The van der Waals surface area contributed by atoms with E-state index in [1.807, 2.05) is 36.2 Å². The number of para-hydroxylation sites is 2. The maximum Gasteiger partial charge on any atom is 0.265 e. The molecular formula is C21H25N3O3. The van der Waals surface area contributed by atoms with Crippen molar-refractivity contribution in [3.63, 3.8) is 0 Å². The summed E-state index contributed by atoms with van der Waals surface area (Å²) in [4.78, 5) is 29.5. The van der Waals surface area contributed by atoms with Crippen LogP contribution in [0.3, 0.4) is 0 Å². The quantitative estimate of drug-likeness (QED) is 0.882. The summed E-state index contributed by atoms with van der Waals surface area (Å²) in [6.07, 6.45) is -0.681. The number of ether oxygens (including phenoxy) is 1. The van der Waals surface area contributed by atoms with E-state index in [1.165, 1.54) is 0 Å². The van der Waals surface area contributed by atoms with E-state index in [1.54, 1.807) is 37.3 Å². The molecule has 142 valence electrons. The van der Waals surface area contributed by atoms with Crippen molar-refractivity contribution < 1.29 is 14.3 Å². The fraction of sp³-hybridized carbons (Fsp3) is 0.333. The Kier molecular flexibility index (Phi) is 6.08. The Morgan fingerprint density at radius 3 is 2.30 bits per heavy atom. The number of nitrogens with zero attached hydrogens (tertiary/aromatic N) is 2. The molecule has 1 heterocycles. The standard InChI is InChI=1S/C21H25N3O3/c1-16(27-17-8-4-3-5-9-17)20(25)22-19-11-7-6-10-18(19)21(26)24-14-12-23(2)13-15-24/h3-11,16H,12-15H2,1-2H3,(H,22,25)/t16-/m0/s1. The van der Waals surface area contributed by atoms with Gasteiger partial charge in [-0.1, -0.05) is 30.3 Å². The minimum absolute atomic E-state index is 0.0596. The van der Waals surface area contributed by atoms with Gasteiger partial charge in [-0.25, -0.2) is 0 Å². The van der Waals surface area contributed by atoms with Crippen LogP contribution in [0.15, 0.2) is 54.6 Å². The Morgan fingerprint density at radius 1 is 0.963 bits per heavy atom. The maximum atomic E-state index is 12.9. The summed E-state index contributed by atoms with van der Waals surface area (Å²) in [5.41, 5.74) is 1.01. The summed E-state index contributed by atoms with van der Waals surface area (Å²) in [6.45, 7) is 4.76. The first-order valence-electron chi connectivity index (χ1n) is 9.14. The lowest BCUT2D eigenvalue weighted by Crippen LogP contribution is -2.47. The van der Waals surface area contributed by atoms with E-state index in [0.717, 1.165) is 13.1 Å². The van der Waals surface area contributed by atoms with Crippen molar-refractivity contribution in [2.75, 3.05) is 38.5 Å². The minimum atomic E-state index is -0.681. The van der Waals surface area contributed by atoms with Gasteiger partial charge in [0.1, 0.15) is 5.75 Å². The van der Waals surface area contributed by atoms with Crippen molar-refractivity contribution in [2.24, 2.45) is 0 Å². The maximum absolute atomic E-state index is 12.9. The third kappa shape index (κ3) is 4.86. The van der Waals surface area contributed by atoms with Crippen molar-refractivity contribution in [3.8, 4) is 5.75 Å². The van der Waals surface area contributed by atoms with Gasteiger partial charge in [0.15, 0.2) is 6.10 Å². The molecule has 1 aliphatic rings. The zero-order valence-corrected chi connectivity index (χ0v) is 15.7. The topological polar surface area (TPSA) is 61.9 Å². The number of hydrogen-bond donors (Lipinski definition) is 1. The highest BCUT2D eigenvalue weighted by molar-refractivity contribution is 6.04. The number of nitrogens with one attached hydrogen (secondary N) is 1. The molecule has 0 aromatic heterocycles. The number of piperazine rings is 1. The summed E-state index contributed by atoms with van der Waals surface area (Å²) in [6, 6.07) is 16.3. The van der Waals surface area contributed by atoms with Crippen LogP contribution in [0.1, 0.15) is 17.3 Å². The number of carbonyl (C=O) groups excluding carboxylic acids is 2. The van der Waals surface area contributed by atoms with Gasteiger partial charge in [0.25, 0.3) is 11.8 Å². The molecule has 1 N–H and O–H groups in total. The second-order valence-electron chi connectivity index (χ2n) is 6.70. The first kappa shape index (κ1) is 18.9. The Balaban J connectivity index is 1.68. The predicted octanol–water partition coefficient (Wildman–Crippen LogP) is 2.48. The molecule has 0 spiro atoms. The lowest BCUT2D eigenvalue weighted by Gasteiger charge is -2.32. The van der Waals surface area contributed by atoms with Crippen LogP contribution in [0, 0.1) is 0 Å². The van der Waals surface area contributed by atoms with Gasteiger partial charge < -0.3 is 19.9 Å². The molecule has 6 heteroatoms.